The van der Waals surface area contributed by atoms with Crippen LogP contribution in [0.4, 0.5) is 0 Å². The number of nitrogens with two attached hydrogens (primary N) is 1. The van der Waals surface area contributed by atoms with Crippen LogP contribution < -0.4 is 5.73 Å². The lowest BCUT2D eigenvalue weighted by Crippen LogP contribution is -2.44. The Morgan fingerprint density at radius 1 is 1.47 bits per heavy atom. The van der Waals surface area contributed by atoms with Gasteiger partial charge in [0, 0.05) is 13.1 Å². The monoisotopic (exact) mass is 234 g/mol. The second-order valence-electron chi connectivity index (χ2n) is 4.66. The van der Waals surface area contributed by atoms with Gasteiger partial charge < -0.3 is 15.7 Å². The molecule has 0 radical (unpaired) electrons. The molecule has 1 saturated carbocycles. The van der Waals surface area contributed by atoms with Crippen molar-refractivity contribution in [3.8, 4) is 5.75 Å². The number of aromatic hydroxyl groups is 1. The van der Waals surface area contributed by atoms with Crippen LogP contribution >= 0.6 is 0 Å². The summed E-state index contributed by atoms with van der Waals surface area (Å²) in [5, 5.41) is 9.16. The van der Waals surface area contributed by atoms with Crippen molar-refractivity contribution in [3.05, 3.63) is 29.8 Å². The van der Waals surface area contributed by atoms with E-state index in [9.17, 15) is 4.79 Å². The molecule has 92 valence electrons. The predicted octanol–water partition coefficient (Wildman–Crippen LogP) is 0.883. The molecule has 1 atom stereocenters. The molecule has 2 rings (SSSR count). The first-order valence-corrected chi connectivity index (χ1v) is 5.88. The first-order chi connectivity index (χ1) is 8.08. The van der Waals surface area contributed by atoms with E-state index in [1.807, 2.05) is 7.05 Å². The third-order valence-electron chi connectivity index (χ3n) is 3.15. The standard InChI is InChI=1S/C13H18N2O2/c1-15(10-4-5-10)13(17)12(14)8-9-2-6-11(16)7-3-9/h2-3,6-7,10,12,16H,4-5,8,14H2,1H3/t12-/m1/s1. The summed E-state index contributed by atoms with van der Waals surface area (Å²) >= 11 is 0. The van der Waals surface area contributed by atoms with Crippen LogP contribution in [0.1, 0.15) is 18.4 Å². The fourth-order valence-corrected chi connectivity index (χ4v) is 1.88. The number of carbonyl (C=O) groups excluding carboxylic acids is 1. The molecular formula is C13H18N2O2. The van der Waals surface area contributed by atoms with Crippen LogP contribution in [0, 0.1) is 0 Å². The van der Waals surface area contributed by atoms with Gasteiger partial charge in [0.15, 0.2) is 0 Å². The minimum absolute atomic E-state index is 0.000532. The smallest absolute Gasteiger partial charge is 0.239 e. The number of benzene rings is 1. The van der Waals surface area contributed by atoms with Gasteiger partial charge in [0.1, 0.15) is 5.75 Å². The molecule has 1 fully saturated rings. The SMILES string of the molecule is CN(C(=O)[C@H](N)Cc1ccc(O)cc1)C1CC1. The zero-order valence-electron chi connectivity index (χ0n) is 9.97. The Balaban J connectivity index is 1.93. The van der Waals surface area contributed by atoms with Crippen LogP contribution in [0.15, 0.2) is 24.3 Å². The van der Waals surface area contributed by atoms with Crippen LogP contribution in [-0.4, -0.2) is 35.0 Å². The average molecular weight is 234 g/mol. The van der Waals surface area contributed by atoms with Crippen molar-refractivity contribution in [2.75, 3.05) is 7.05 Å². The van der Waals surface area contributed by atoms with Gasteiger partial charge in [-0.3, -0.25) is 4.79 Å². The third kappa shape index (κ3) is 2.97. The highest BCUT2D eigenvalue weighted by Gasteiger charge is 2.31. The highest BCUT2D eigenvalue weighted by Crippen LogP contribution is 2.25. The van der Waals surface area contributed by atoms with Gasteiger partial charge >= 0.3 is 0 Å². The number of amides is 1. The van der Waals surface area contributed by atoms with Gasteiger partial charge in [-0.25, -0.2) is 0 Å². The molecule has 1 aromatic carbocycles. The molecule has 1 aliphatic rings. The van der Waals surface area contributed by atoms with E-state index < -0.39 is 6.04 Å². The lowest BCUT2D eigenvalue weighted by atomic mass is 10.1. The van der Waals surface area contributed by atoms with E-state index in [1.54, 1.807) is 29.2 Å². The molecule has 4 heteroatoms. The number of hydrogen-bond donors (Lipinski definition) is 2. The molecule has 0 spiro atoms. The van der Waals surface area contributed by atoms with Gasteiger partial charge in [0.05, 0.1) is 6.04 Å². The van der Waals surface area contributed by atoms with Gasteiger partial charge in [-0.05, 0) is 37.0 Å². The third-order valence-corrected chi connectivity index (χ3v) is 3.15. The highest BCUT2D eigenvalue weighted by atomic mass is 16.3. The normalized spacial score (nSPS) is 16.6. The summed E-state index contributed by atoms with van der Waals surface area (Å²) in [6, 6.07) is 6.70. The Kier molecular flexibility index (Phi) is 3.33. The molecule has 17 heavy (non-hydrogen) atoms. The van der Waals surface area contributed by atoms with Gasteiger partial charge in [-0.2, -0.15) is 0 Å². The summed E-state index contributed by atoms with van der Waals surface area (Å²) in [7, 11) is 1.82. The molecule has 0 heterocycles. The van der Waals surface area contributed by atoms with Gasteiger partial charge in [0.2, 0.25) is 5.91 Å². The zero-order valence-corrected chi connectivity index (χ0v) is 9.97. The summed E-state index contributed by atoms with van der Waals surface area (Å²) in [5.41, 5.74) is 6.87. The Morgan fingerprint density at radius 3 is 2.59 bits per heavy atom. The van der Waals surface area contributed by atoms with Crippen LogP contribution in [0.2, 0.25) is 0 Å². The van der Waals surface area contributed by atoms with E-state index in [0.29, 0.717) is 12.5 Å². The molecule has 1 aromatic rings. The van der Waals surface area contributed by atoms with E-state index in [0.717, 1.165) is 18.4 Å². The van der Waals surface area contributed by atoms with Crippen molar-refractivity contribution < 1.29 is 9.90 Å². The van der Waals surface area contributed by atoms with E-state index in [-0.39, 0.29) is 11.7 Å². The Bertz CT molecular complexity index is 398. The molecular weight excluding hydrogens is 216 g/mol. The van der Waals surface area contributed by atoms with Crippen LogP contribution in [0.5, 0.6) is 5.75 Å². The predicted molar refractivity (Wildman–Crippen MR) is 65.6 cm³/mol. The summed E-state index contributed by atoms with van der Waals surface area (Å²) in [6.07, 6.45) is 2.69. The van der Waals surface area contributed by atoms with Crippen LogP contribution in [0.3, 0.4) is 0 Å². The van der Waals surface area contributed by atoms with E-state index in [1.165, 1.54) is 0 Å². The molecule has 0 unspecified atom stereocenters. The minimum atomic E-state index is -0.495. The highest BCUT2D eigenvalue weighted by molar-refractivity contribution is 5.82. The van der Waals surface area contributed by atoms with Crippen molar-refractivity contribution in [3.63, 3.8) is 0 Å². The summed E-state index contributed by atoms with van der Waals surface area (Å²) in [5.74, 6) is 0.226. The average Bonchev–Trinajstić information content (AvgIpc) is 3.14. The topological polar surface area (TPSA) is 66.6 Å². The lowest BCUT2D eigenvalue weighted by molar-refractivity contribution is -0.131. The van der Waals surface area contributed by atoms with Gasteiger partial charge in [-0.1, -0.05) is 12.1 Å². The molecule has 0 aliphatic heterocycles. The fraction of sp³-hybridized carbons (Fsp3) is 0.462. The van der Waals surface area contributed by atoms with Crippen molar-refractivity contribution in [1.82, 2.24) is 4.90 Å². The summed E-state index contributed by atoms with van der Waals surface area (Å²) in [4.78, 5) is 13.7. The number of nitrogens with zero attached hydrogens (tertiary/aromatic N) is 1. The second-order valence-corrected chi connectivity index (χ2v) is 4.66. The summed E-state index contributed by atoms with van der Waals surface area (Å²) in [6.45, 7) is 0. The second kappa shape index (κ2) is 4.75. The first-order valence-electron chi connectivity index (χ1n) is 5.88. The number of phenolic OH excluding ortho intramolecular Hbond substituents is 1. The lowest BCUT2D eigenvalue weighted by Gasteiger charge is -2.20. The molecule has 0 saturated heterocycles. The van der Waals surface area contributed by atoms with E-state index in [4.69, 9.17) is 10.8 Å². The van der Waals surface area contributed by atoms with Crippen molar-refractivity contribution in [2.45, 2.75) is 31.3 Å². The van der Waals surface area contributed by atoms with Gasteiger partial charge in [-0.15, -0.1) is 0 Å². The summed E-state index contributed by atoms with van der Waals surface area (Å²) < 4.78 is 0. The van der Waals surface area contributed by atoms with E-state index in [2.05, 4.69) is 0 Å². The number of hydrogen-bond acceptors (Lipinski definition) is 3. The van der Waals surface area contributed by atoms with Crippen molar-refractivity contribution >= 4 is 5.91 Å². The Labute approximate surface area is 101 Å². The number of likely N-dealkylation sites (N-methyl/N-ethyl adjacent to an activating group) is 1. The molecule has 0 aromatic heterocycles. The maximum absolute atomic E-state index is 11.9. The maximum Gasteiger partial charge on any atom is 0.239 e. The zero-order chi connectivity index (χ0) is 12.4. The minimum Gasteiger partial charge on any atom is -0.508 e. The van der Waals surface area contributed by atoms with Crippen molar-refractivity contribution in [1.29, 1.82) is 0 Å². The Hall–Kier alpha value is -1.55. The largest absolute Gasteiger partial charge is 0.508 e. The van der Waals surface area contributed by atoms with E-state index >= 15 is 0 Å². The molecule has 4 nitrogen and oxygen atoms in total. The molecule has 3 N–H and O–H groups in total. The Morgan fingerprint density at radius 2 is 2.06 bits per heavy atom. The molecule has 1 amide bonds. The maximum atomic E-state index is 11.9. The molecule has 0 bridgehead atoms. The van der Waals surface area contributed by atoms with Gasteiger partial charge in [0.25, 0.3) is 0 Å². The fourth-order valence-electron chi connectivity index (χ4n) is 1.88. The van der Waals surface area contributed by atoms with Crippen LogP contribution in [-0.2, 0) is 11.2 Å². The first kappa shape index (κ1) is 11.9. The number of rotatable bonds is 4. The molecule has 1 aliphatic carbocycles. The number of phenols is 1. The van der Waals surface area contributed by atoms with Crippen LogP contribution in [0.25, 0.3) is 0 Å². The van der Waals surface area contributed by atoms with Crippen molar-refractivity contribution in [2.24, 2.45) is 5.73 Å². The number of carbonyl (C=O) groups is 1. The quantitative estimate of drug-likeness (QED) is 0.812.